The fourth-order valence-electron chi connectivity index (χ4n) is 0.441. The van der Waals surface area contributed by atoms with Crippen molar-refractivity contribution in [2.45, 2.75) is 19.0 Å². The molecule has 1 nitrogen and oxygen atoms in total. The van der Waals surface area contributed by atoms with E-state index in [9.17, 15) is 22.0 Å². The molecule has 0 aromatic rings. The van der Waals surface area contributed by atoms with Gasteiger partial charge in [0.2, 0.25) is 6.43 Å². The Morgan fingerprint density at radius 1 is 1.18 bits per heavy atom. The van der Waals surface area contributed by atoms with E-state index >= 15 is 0 Å². The molecular formula is C5H8F5N. The summed E-state index contributed by atoms with van der Waals surface area (Å²) in [6, 6.07) is 0. The molecule has 0 aliphatic rings. The number of rotatable bonds is 4. The molecular weight excluding hydrogens is 169 g/mol. The molecule has 6 heteroatoms. The maximum atomic E-state index is 11.3. The highest BCUT2D eigenvalue weighted by atomic mass is 19.4. The Morgan fingerprint density at radius 2 is 1.73 bits per heavy atom. The van der Waals surface area contributed by atoms with E-state index in [1.165, 1.54) is 0 Å². The molecule has 0 atom stereocenters. The standard InChI is InChI=1S/C5H8F5N/c6-4(7)1-2-11-3-5(8,9)10/h4,11H,1-3H2. The molecule has 0 amide bonds. The molecule has 0 aliphatic heterocycles. The van der Waals surface area contributed by atoms with E-state index in [4.69, 9.17) is 0 Å². The van der Waals surface area contributed by atoms with Crippen LogP contribution >= 0.6 is 0 Å². The van der Waals surface area contributed by atoms with Gasteiger partial charge in [-0.1, -0.05) is 0 Å². The summed E-state index contributed by atoms with van der Waals surface area (Å²) in [5.74, 6) is 0. The van der Waals surface area contributed by atoms with E-state index in [1.807, 2.05) is 5.32 Å². The third-order valence-corrected chi connectivity index (χ3v) is 0.865. The van der Waals surface area contributed by atoms with E-state index in [1.54, 1.807) is 0 Å². The van der Waals surface area contributed by atoms with Gasteiger partial charge in [0.1, 0.15) is 0 Å². The van der Waals surface area contributed by atoms with Gasteiger partial charge < -0.3 is 5.32 Å². The van der Waals surface area contributed by atoms with E-state index < -0.39 is 25.6 Å². The first kappa shape index (κ1) is 10.6. The van der Waals surface area contributed by atoms with Gasteiger partial charge in [-0.25, -0.2) is 8.78 Å². The Morgan fingerprint density at radius 3 is 2.09 bits per heavy atom. The number of halogens is 5. The topological polar surface area (TPSA) is 12.0 Å². The van der Waals surface area contributed by atoms with Gasteiger partial charge in [0.15, 0.2) is 0 Å². The summed E-state index contributed by atoms with van der Waals surface area (Å²) >= 11 is 0. The van der Waals surface area contributed by atoms with E-state index in [0.29, 0.717) is 0 Å². The molecule has 0 saturated heterocycles. The first-order valence-electron chi connectivity index (χ1n) is 2.97. The summed E-state index contributed by atoms with van der Waals surface area (Å²) in [5, 5.41) is 1.85. The predicted molar refractivity (Wildman–Crippen MR) is 29.5 cm³/mol. The second-order valence-electron chi connectivity index (χ2n) is 1.97. The van der Waals surface area contributed by atoms with Crippen molar-refractivity contribution in [3.8, 4) is 0 Å². The van der Waals surface area contributed by atoms with Gasteiger partial charge in [-0.2, -0.15) is 13.2 Å². The van der Waals surface area contributed by atoms with Crippen molar-refractivity contribution < 1.29 is 22.0 Å². The Hall–Kier alpha value is -0.390. The van der Waals surface area contributed by atoms with Crippen molar-refractivity contribution in [3.05, 3.63) is 0 Å². The molecule has 0 aromatic heterocycles. The fourth-order valence-corrected chi connectivity index (χ4v) is 0.441. The van der Waals surface area contributed by atoms with Crippen molar-refractivity contribution >= 4 is 0 Å². The van der Waals surface area contributed by atoms with Gasteiger partial charge in [0.05, 0.1) is 6.54 Å². The Bertz CT molecular complexity index is 99.5. The van der Waals surface area contributed by atoms with Crippen LogP contribution in [-0.4, -0.2) is 25.7 Å². The summed E-state index contributed by atoms with van der Waals surface area (Å²) in [6.45, 7) is -1.52. The minimum atomic E-state index is -4.32. The van der Waals surface area contributed by atoms with Gasteiger partial charge in [-0.15, -0.1) is 0 Å². The number of hydrogen-bond donors (Lipinski definition) is 1. The highest BCUT2D eigenvalue weighted by Crippen LogP contribution is 2.12. The van der Waals surface area contributed by atoms with Crippen molar-refractivity contribution in [1.29, 1.82) is 0 Å². The van der Waals surface area contributed by atoms with E-state index in [0.717, 1.165) is 0 Å². The lowest BCUT2D eigenvalue weighted by molar-refractivity contribution is -0.125. The van der Waals surface area contributed by atoms with Crippen molar-refractivity contribution in [1.82, 2.24) is 5.32 Å². The Labute approximate surface area is 60.6 Å². The molecule has 0 aliphatic carbocycles. The third kappa shape index (κ3) is 9.61. The average Bonchev–Trinajstić information content (AvgIpc) is 1.78. The number of alkyl halides is 5. The highest BCUT2D eigenvalue weighted by molar-refractivity contribution is 4.55. The predicted octanol–water partition coefficient (Wildman–Crippen LogP) is 1.79. The van der Waals surface area contributed by atoms with Crippen LogP contribution in [0.3, 0.4) is 0 Å². The smallest absolute Gasteiger partial charge is 0.308 e. The first-order chi connectivity index (χ1) is 4.92. The molecule has 0 heterocycles. The second-order valence-corrected chi connectivity index (χ2v) is 1.97. The minimum absolute atomic E-state index is 0.308. The summed E-state index contributed by atoms with van der Waals surface area (Å²) in [4.78, 5) is 0. The van der Waals surface area contributed by atoms with Crippen LogP contribution in [0, 0.1) is 0 Å². The van der Waals surface area contributed by atoms with Gasteiger partial charge in [0.25, 0.3) is 0 Å². The van der Waals surface area contributed by atoms with Crippen LogP contribution in [0.2, 0.25) is 0 Å². The van der Waals surface area contributed by atoms with Crippen LogP contribution in [0.25, 0.3) is 0 Å². The molecule has 0 saturated carbocycles. The number of nitrogens with one attached hydrogen (secondary N) is 1. The Balaban J connectivity index is 3.15. The highest BCUT2D eigenvalue weighted by Gasteiger charge is 2.26. The normalized spacial score (nSPS) is 12.5. The molecule has 0 aromatic carbocycles. The quantitative estimate of drug-likeness (QED) is 0.510. The first-order valence-corrected chi connectivity index (χ1v) is 2.97. The summed E-state index contributed by atoms with van der Waals surface area (Å²) in [5.41, 5.74) is 0. The van der Waals surface area contributed by atoms with Crippen molar-refractivity contribution in [3.63, 3.8) is 0 Å². The van der Waals surface area contributed by atoms with Gasteiger partial charge in [0, 0.05) is 13.0 Å². The van der Waals surface area contributed by atoms with Gasteiger partial charge >= 0.3 is 6.18 Å². The molecule has 0 fully saturated rings. The largest absolute Gasteiger partial charge is 0.401 e. The lowest BCUT2D eigenvalue weighted by Crippen LogP contribution is -2.30. The molecule has 0 rings (SSSR count). The molecule has 68 valence electrons. The molecule has 0 spiro atoms. The van der Waals surface area contributed by atoms with Crippen LogP contribution in [-0.2, 0) is 0 Å². The third-order valence-electron chi connectivity index (χ3n) is 0.865. The second kappa shape index (κ2) is 4.48. The Kier molecular flexibility index (Phi) is 4.32. The van der Waals surface area contributed by atoms with Crippen LogP contribution in [0.4, 0.5) is 22.0 Å². The van der Waals surface area contributed by atoms with E-state index in [-0.39, 0.29) is 6.54 Å². The van der Waals surface area contributed by atoms with Crippen molar-refractivity contribution in [2.24, 2.45) is 0 Å². The zero-order chi connectivity index (χ0) is 8.91. The lowest BCUT2D eigenvalue weighted by Gasteiger charge is -2.06. The molecule has 0 radical (unpaired) electrons. The van der Waals surface area contributed by atoms with Crippen LogP contribution in [0.15, 0.2) is 0 Å². The zero-order valence-corrected chi connectivity index (χ0v) is 5.59. The molecule has 0 bridgehead atoms. The average molecular weight is 177 g/mol. The maximum Gasteiger partial charge on any atom is 0.401 e. The zero-order valence-electron chi connectivity index (χ0n) is 5.59. The summed E-state index contributed by atoms with van der Waals surface area (Å²) in [7, 11) is 0. The molecule has 0 unspecified atom stereocenters. The monoisotopic (exact) mass is 177 g/mol. The van der Waals surface area contributed by atoms with Crippen LogP contribution in [0.5, 0.6) is 0 Å². The molecule has 11 heavy (non-hydrogen) atoms. The maximum absolute atomic E-state index is 11.3. The SMILES string of the molecule is FC(F)CCNCC(F)(F)F. The lowest BCUT2D eigenvalue weighted by atomic mass is 10.4. The van der Waals surface area contributed by atoms with Gasteiger partial charge in [-0.3, -0.25) is 0 Å². The summed E-state index contributed by atoms with van der Waals surface area (Å²) in [6.07, 6.45) is -7.41. The van der Waals surface area contributed by atoms with Gasteiger partial charge in [-0.05, 0) is 0 Å². The fraction of sp³-hybridized carbons (Fsp3) is 1.00. The van der Waals surface area contributed by atoms with Crippen molar-refractivity contribution in [2.75, 3.05) is 13.1 Å². The van der Waals surface area contributed by atoms with Crippen LogP contribution < -0.4 is 5.32 Å². The number of hydrogen-bond acceptors (Lipinski definition) is 1. The van der Waals surface area contributed by atoms with Crippen LogP contribution in [0.1, 0.15) is 6.42 Å². The summed E-state index contributed by atoms with van der Waals surface area (Å²) < 4.78 is 56.7. The van der Waals surface area contributed by atoms with E-state index in [2.05, 4.69) is 0 Å². The minimum Gasteiger partial charge on any atom is -0.308 e. The molecule has 1 N–H and O–H groups in total.